The van der Waals surface area contributed by atoms with Crippen LogP contribution in [0.1, 0.15) is 71.1 Å². The van der Waals surface area contributed by atoms with Crippen LogP contribution in [0.2, 0.25) is 18.1 Å². The number of benzene rings is 1. The fraction of sp³-hybridized carbons (Fsp3) is 0.500. The second kappa shape index (κ2) is 11.3. The number of carbonyl (C=O) groups excluding carboxylic acids is 1. The Hall–Kier alpha value is -3.88. The van der Waals surface area contributed by atoms with Gasteiger partial charge in [0, 0.05) is 30.3 Å². The largest absolute Gasteiger partial charge is 0.443 e. The van der Waals surface area contributed by atoms with Crippen molar-refractivity contribution in [1.29, 1.82) is 5.26 Å². The molecular weight excluding hydrogens is 558 g/mol. The molecule has 3 heterocycles. The number of hydrogen-bond donors (Lipinski definition) is 1. The van der Waals surface area contributed by atoms with Gasteiger partial charge in [-0.15, -0.1) is 0 Å². The number of nitrogens with zero attached hydrogens (tertiary/aromatic N) is 6. The second-order valence-electron chi connectivity index (χ2n) is 14.0. The molecule has 0 radical (unpaired) electrons. The van der Waals surface area contributed by atoms with Crippen molar-refractivity contribution in [3.8, 4) is 17.3 Å². The minimum atomic E-state index is -2.12. The molecule has 1 N–H and O–H groups in total. The molecule has 0 saturated carbocycles. The van der Waals surface area contributed by atoms with Gasteiger partial charge in [-0.25, -0.2) is 24.7 Å². The summed E-state index contributed by atoms with van der Waals surface area (Å²) >= 11 is 0. The molecule has 43 heavy (non-hydrogen) atoms. The standard InChI is InChI=1S/C32H43N7O3Si/c1-20-26(17-35-21(2)36-20)38-28-34-13-12-25(37-28)22-14-23(16-33)27-24(15-22)32(9,19-41-43(10,11)31(6,7)8)18-39(27)29(40)42-30(3,4)5/h12-15,17H,18-19H2,1-11H3,(H,34,37,38). The minimum Gasteiger partial charge on any atom is -0.443 e. The maximum atomic E-state index is 13.5. The van der Waals surface area contributed by atoms with Crippen LogP contribution in [-0.4, -0.2) is 53.1 Å². The predicted octanol–water partition coefficient (Wildman–Crippen LogP) is 7.20. The zero-order chi connectivity index (χ0) is 32.0. The lowest BCUT2D eigenvalue weighted by molar-refractivity contribution is 0.0575. The summed E-state index contributed by atoms with van der Waals surface area (Å²) in [5.74, 6) is 1.06. The highest BCUT2D eigenvalue weighted by Gasteiger charge is 2.47. The SMILES string of the molecule is Cc1ncc(Nc2nccc(-c3cc(C#N)c4c(c3)C(C)(CO[Si](C)(C)C(C)(C)C)CN4C(=O)OC(C)(C)C)n2)c(C)n1. The molecule has 1 aromatic carbocycles. The number of nitrogens with one attached hydrogen (secondary N) is 1. The first-order valence-electron chi connectivity index (χ1n) is 14.5. The van der Waals surface area contributed by atoms with E-state index in [1.165, 1.54) is 0 Å². The lowest BCUT2D eigenvalue weighted by atomic mass is 9.83. The van der Waals surface area contributed by atoms with Crippen LogP contribution in [0.15, 0.2) is 30.6 Å². The van der Waals surface area contributed by atoms with Gasteiger partial charge in [0.2, 0.25) is 5.95 Å². The number of amides is 1. The van der Waals surface area contributed by atoms with Gasteiger partial charge in [-0.3, -0.25) is 4.90 Å². The molecule has 10 nitrogen and oxygen atoms in total. The van der Waals surface area contributed by atoms with E-state index < -0.39 is 25.4 Å². The summed E-state index contributed by atoms with van der Waals surface area (Å²) < 4.78 is 12.5. The van der Waals surface area contributed by atoms with Crippen LogP contribution in [0, 0.1) is 25.2 Å². The molecular formula is C32H43N7O3Si. The van der Waals surface area contributed by atoms with Crippen LogP contribution in [0.4, 0.5) is 22.1 Å². The van der Waals surface area contributed by atoms with E-state index in [1.54, 1.807) is 29.4 Å². The number of nitriles is 1. The monoisotopic (exact) mass is 601 g/mol. The highest BCUT2D eigenvalue weighted by molar-refractivity contribution is 6.74. The molecule has 228 valence electrons. The maximum absolute atomic E-state index is 13.5. The van der Waals surface area contributed by atoms with Crippen molar-refractivity contribution in [1.82, 2.24) is 19.9 Å². The second-order valence-corrected chi connectivity index (χ2v) is 18.8. The summed E-state index contributed by atoms with van der Waals surface area (Å²) in [6, 6.07) is 7.91. The predicted molar refractivity (Wildman–Crippen MR) is 171 cm³/mol. The molecule has 0 saturated heterocycles. The van der Waals surface area contributed by atoms with Crippen LogP contribution in [0.5, 0.6) is 0 Å². The molecule has 4 rings (SSSR count). The van der Waals surface area contributed by atoms with Gasteiger partial charge in [0.15, 0.2) is 8.32 Å². The fourth-order valence-corrected chi connectivity index (χ4v) is 5.80. The van der Waals surface area contributed by atoms with E-state index in [1.807, 2.05) is 40.7 Å². The Labute approximate surface area is 256 Å². The van der Waals surface area contributed by atoms with Crippen molar-refractivity contribution in [2.45, 2.75) is 91.5 Å². The van der Waals surface area contributed by atoms with E-state index in [0.29, 0.717) is 47.6 Å². The van der Waals surface area contributed by atoms with Crippen molar-refractivity contribution < 1.29 is 14.0 Å². The van der Waals surface area contributed by atoms with Crippen LogP contribution < -0.4 is 10.2 Å². The van der Waals surface area contributed by atoms with Crippen LogP contribution >= 0.6 is 0 Å². The van der Waals surface area contributed by atoms with Gasteiger partial charge >= 0.3 is 6.09 Å². The number of aromatic nitrogens is 4. The summed E-state index contributed by atoms with van der Waals surface area (Å²) in [7, 11) is -2.12. The first kappa shape index (κ1) is 32.0. The number of ether oxygens (including phenoxy) is 1. The molecule has 0 bridgehead atoms. The Kier molecular flexibility index (Phi) is 8.43. The highest BCUT2D eigenvalue weighted by Crippen LogP contribution is 2.47. The van der Waals surface area contributed by atoms with Crippen molar-refractivity contribution in [3.05, 3.63) is 53.2 Å². The number of hydrogen-bond acceptors (Lipinski definition) is 9. The first-order valence-corrected chi connectivity index (χ1v) is 17.4. The minimum absolute atomic E-state index is 0.0144. The Balaban J connectivity index is 1.80. The molecule has 1 aliphatic rings. The Morgan fingerprint density at radius 1 is 1.14 bits per heavy atom. The average molecular weight is 602 g/mol. The van der Waals surface area contributed by atoms with Crippen molar-refractivity contribution >= 4 is 31.7 Å². The third-order valence-corrected chi connectivity index (χ3v) is 12.6. The molecule has 1 aliphatic heterocycles. The quantitative estimate of drug-likeness (QED) is 0.292. The van der Waals surface area contributed by atoms with Gasteiger partial charge in [0.1, 0.15) is 17.5 Å². The van der Waals surface area contributed by atoms with E-state index in [9.17, 15) is 10.1 Å². The molecule has 0 aliphatic carbocycles. The third-order valence-electron chi connectivity index (χ3n) is 8.13. The van der Waals surface area contributed by atoms with E-state index in [4.69, 9.17) is 14.1 Å². The lowest BCUT2D eigenvalue weighted by Crippen LogP contribution is -2.46. The van der Waals surface area contributed by atoms with Crippen LogP contribution in [0.3, 0.4) is 0 Å². The van der Waals surface area contributed by atoms with E-state index in [0.717, 1.165) is 16.8 Å². The summed E-state index contributed by atoms with van der Waals surface area (Å²) in [6.45, 7) is 23.1. The molecule has 1 unspecified atom stereocenters. The van der Waals surface area contributed by atoms with Gasteiger partial charge in [-0.2, -0.15) is 5.26 Å². The summed E-state index contributed by atoms with van der Waals surface area (Å²) in [4.78, 5) is 32.9. The number of fused-ring (bicyclic) bond motifs is 1. The molecule has 2 aromatic heterocycles. The molecule has 1 amide bonds. The van der Waals surface area contributed by atoms with E-state index in [2.05, 4.69) is 67.1 Å². The summed E-state index contributed by atoms with van der Waals surface area (Å²) in [6.07, 6.45) is 2.88. The fourth-order valence-electron chi connectivity index (χ4n) is 4.69. The zero-order valence-electron chi connectivity index (χ0n) is 27.2. The third kappa shape index (κ3) is 6.86. The Morgan fingerprint density at radius 2 is 1.84 bits per heavy atom. The summed E-state index contributed by atoms with van der Waals surface area (Å²) in [5.41, 5.74) is 3.35. The topological polar surface area (TPSA) is 126 Å². The van der Waals surface area contributed by atoms with E-state index in [-0.39, 0.29) is 5.04 Å². The highest BCUT2D eigenvalue weighted by atomic mass is 28.4. The maximum Gasteiger partial charge on any atom is 0.414 e. The van der Waals surface area contributed by atoms with Crippen molar-refractivity contribution in [2.24, 2.45) is 0 Å². The zero-order valence-corrected chi connectivity index (χ0v) is 28.2. The number of carbonyl (C=O) groups is 1. The molecule has 0 spiro atoms. The number of aryl methyl sites for hydroxylation is 2. The van der Waals surface area contributed by atoms with Gasteiger partial charge < -0.3 is 14.5 Å². The van der Waals surface area contributed by atoms with Gasteiger partial charge in [-0.1, -0.05) is 27.7 Å². The van der Waals surface area contributed by atoms with E-state index >= 15 is 0 Å². The molecule has 3 aromatic rings. The smallest absolute Gasteiger partial charge is 0.414 e. The van der Waals surface area contributed by atoms with Crippen LogP contribution in [0.25, 0.3) is 11.3 Å². The average Bonchev–Trinajstić information content (AvgIpc) is 3.20. The van der Waals surface area contributed by atoms with Crippen molar-refractivity contribution in [3.63, 3.8) is 0 Å². The normalized spacial score (nSPS) is 16.9. The first-order chi connectivity index (χ1) is 19.8. The van der Waals surface area contributed by atoms with Crippen molar-refractivity contribution in [2.75, 3.05) is 23.4 Å². The molecule has 1 atom stereocenters. The lowest BCUT2D eigenvalue weighted by Gasteiger charge is -2.39. The Morgan fingerprint density at radius 3 is 2.44 bits per heavy atom. The van der Waals surface area contributed by atoms with Gasteiger partial charge in [0.25, 0.3) is 0 Å². The number of rotatable bonds is 6. The van der Waals surface area contributed by atoms with Gasteiger partial charge in [-0.05, 0) is 76.5 Å². The van der Waals surface area contributed by atoms with Gasteiger partial charge in [0.05, 0.1) is 34.5 Å². The molecule has 0 fully saturated rings. The molecule has 11 heteroatoms. The van der Waals surface area contributed by atoms with Crippen LogP contribution in [-0.2, 0) is 14.6 Å². The summed E-state index contributed by atoms with van der Waals surface area (Å²) in [5, 5.41) is 13.6. The Bertz CT molecular complexity index is 1590. The number of anilines is 3.